The highest BCUT2D eigenvalue weighted by Crippen LogP contribution is 2.36. The second kappa shape index (κ2) is 12.6. The lowest BCUT2D eigenvalue weighted by Crippen LogP contribution is -2.21. The van der Waals surface area contributed by atoms with Gasteiger partial charge in [0.05, 0.1) is 24.9 Å². The number of halogens is 1. The van der Waals surface area contributed by atoms with Gasteiger partial charge in [-0.2, -0.15) is 5.10 Å². The zero-order valence-corrected chi connectivity index (χ0v) is 20.4. The number of nitrogens with zero attached hydrogens (tertiary/aromatic N) is 1. The molecular formula is C23H26BrN3O6. The summed E-state index contributed by atoms with van der Waals surface area (Å²) in [6.07, 6.45) is 1.44. The van der Waals surface area contributed by atoms with Crippen LogP contribution in [-0.4, -0.2) is 44.8 Å². The molecule has 0 radical (unpaired) electrons. The Kier molecular flexibility index (Phi) is 9.86. The van der Waals surface area contributed by atoms with Gasteiger partial charge >= 0.3 is 5.97 Å². The Morgan fingerprint density at radius 2 is 1.82 bits per heavy atom. The van der Waals surface area contributed by atoms with Gasteiger partial charge < -0.3 is 19.5 Å². The highest BCUT2D eigenvalue weighted by molar-refractivity contribution is 9.10. The summed E-state index contributed by atoms with van der Waals surface area (Å²) in [4.78, 5) is 35.5. The third kappa shape index (κ3) is 7.90. The van der Waals surface area contributed by atoms with Gasteiger partial charge in [0.2, 0.25) is 11.8 Å². The van der Waals surface area contributed by atoms with E-state index in [2.05, 4.69) is 36.5 Å². The van der Waals surface area contributed by atoms with Crippen LogP contribution in [0, 0.1) is 13.8 Å². The Morgan fingerprint density at radius 1 is 1.09 bits per heavy atom. The van der Waals surface area contributed by atoms with Crippen molar-refractivity contribution in [3.8, 4) is 11.5 Å². The number of benzene rings is 2. The van der Waals surface area contributed by atoms with Crippen LogP contribution in [0.2, 0.25) is 0 Å². The Labute approximate surface area is 200 Å². The molecule has 0 bridgehead atoms. The Balaban J connectivity index is 1.89. The molecule has 0 unspecified atom stereocenters. The van der Waals surface area contributed by atoms with Gasteiger partial charge in [-0.15, -0.1) is 0 Å². The molecule has 176 valence electrons. The van der Waals surface area contributed by atoms with Crippen molar-refractivity contribution >= 4 is 45.6 Å². The minimum atomic E-state index is -0.528. The number of carbonyl (C=O) groups is 3. The number of carbonyl (C=O) groups excluding carboxylic acids is 3. The molecule has 0 saturated heterocycles. The van der Waals surface area contributed by atoms with Crippen LogP contribution in [-0.2, 0) is 19.1 Å². The minimum Gasteiger partial charge on any atom is -0.493 e. The van der Waals surface area contributed by atoms with E-state index in [0.717, 1.165) is 16.8 Å². The van der Waals surface area contributed by atoms with E-state index in [9.17, 15) is 14.4 Å². The number of methoxy groups -OCH3 is 2. The lowest BCUT2D eigenvalue weighted by molar-refractivity contribution is -0.143. The van der Waals surface area contributed by atoms with E-state index in [1.54, 1.807) is 12.1 Å². The first kappa shape index (κ1) is 25.9. The van der Waals surface area contributed by atoms with Crippen molar-refractivity contribution in [1.29, 1.82) is 0 Å². The number of hydrazone groups is 1. The van der Waals surface area contributed by atoms with E-state index in [1.165, 1.54) is 20.4 Å². The normalized spacial score (nSPS) is 10.6. The van der Waals surface area contributed by atoms with Crippen molar-refractivity contribution in [3.05, 3.63) is 51.5 Å². The molecule has 0 aliphatic heterocycles. The van der Waals surface area contributed by atoms with E-state index in [0.29, 0.717) is 21.5 Å². The van der Waals surface area contributed by atoms with Gasteiger partial charge in [-0.1, -0.05) is 12.1 Å². The van der Waals surface area contributed by atoms with E-state index in [-0.39, 0.29) is 25.4 Å². The lowest BCUT2D eigenvalue weighted by atomic mass is 10.1. The molecule has 0 atom stereocenters. The van der Waals surface area contributed by atoms with Crippen LogP contribution in [0.3, 0.4) is 0 Å². The molecule has 33 heavy (non-hydrogen) atoms. The van der Waals surface area contributed by atoms with Crippen molar-refractivity contribution in [2.45, 2.75) is 26.7 Å². The van der Waals surface area contributed by atoms with E-state index < -0.39 is 11.9 Å². The molecular weight excluding hydrogens is 494 g/mol. The first-order valence-corrected chi connectivity index (χ1v) is 10.8. The van der Waals surface area contributed by atoms with Gasteiger partial charge in [0, 0.05) is 18.5 Å². The summed E-state index contributed by atoms with van der Waals surface area (Å²) >= 11 is 3.36. The van der Waals surface area contributed by atoms with Crippen molar-refractivity contribution in [1.82, 2.24) is 5.43 Å². The number of anilines is 1. The minimum absolute atomic E-state index is 0.0125. The van der Waals surface area contributed by atoms with Crippen molar-refractivity contribution in [2.24, 2.45) is 5.10 Å². The fraction of sp³-hybridized carbons (Fsp3) is 0.304. The highest BCUT2D eigenvalue weighted by atomic mass is 79.9. The summed E-state index contributed by atoms with van der Waals surface area (Å²) in [6.45, 7) is 3.62. The van der Waals surface area contributed by atoms with Crippen LogP contribution in [0.4, 0.5) is 5.69 Å². The number of amides is 2. The predicted molar refractivity (Wildman–Crippen MR) is 128 cm³/mol. The summed E-state index contributed by atoms with van der Waals surface area (Å²) in [5, 5.41) is 6.73. The summed E-state index contributed by atoms with van der Waals surface area (Å²) < 4.78 is 15.8. The van der Waals surface area contributed by atoms with E-state index in [4.69, 9.17) is 9.47 Å². The van der Waals surface area contributed by atoms with Crippen molar-refractivity contribution in [3.63, 3.8) is 0 Å². The molecule has 0 heterocycles. The summed E-state index contributed by atoms with van der Waals surface area (Å²) in [5.41, 5.74) is 5.80. The average Bonchev–Trinajstić information content (AvgIpc) is 2.79. The van der Waals surface area contributed by atoms with Gasteiger partial charge in [-0.3, -0.25) is 9.59 Å². The topological polar surface area (TPSA) is 115 Å². The maximum atomic E-state index is 12.1. The number of nitrogens with one attached hydrogen (secondary N) is 2. The molecule has 0 aromatic heterocycles. The Bertz CT molecular complexity index is 1050. The molecule has 9 nitrogen and oxygen atoms in total. The molecule has 0 aliphatic rings. The molecule has 2 N–H and O–H groups in total. The zero-order chi connectivity index (χ0) is 24.4. The van der Waals surface area contributed by atoms with E-state index >= 15 is 0 Å². The first-order chi connectivity index (χ1) is 15.7. The quantitative estimate of drug-likeness (QED) is 0.282. The Morgan fingerprint density at radius 3 is 2.52 bits per heavy atom. The summed E-state index contributed by atoms with van der Waals surface area (Å²) in [5.74, 6) is -0.478. The van der Waals surface area contributed by atoms with Gasteiger partial charge in [0.15, 0.2) is 18.1 Å². The van der Waals surface area contributed by atoms with E-state index in [1.807, 2.05) is 32.0 Å². The number of aryl methyl sites for hydroxylation is 1. The second-order valence-electron chi connectivity index (χ2n) is 6.99. The molecule has 2 amide bonds. The molecule has 0 fully saturated rings. The second-order valence-corrected chi connectivity index (χ2v) is 7.84. The number of rotatable bonds is 10. The fourth-order valence-corrected chi connectivity index (χ4v) is 3.28. The molecule has 0 aliphatic carbocycles. The SMILES string of the molecule is COC(=O)COc1c(Br)cc(C=NNC(=O)CCC(=O)Nc2cccc(C)c2C)cc1OC. The summed E-state index contributed by atoms with van der Waals surface area (Å²) in [7, 11) is 2.72. The third-order valence-corrected chi connectivity index (χ3v) is 5.26. The van der Waals surface area contributed by atoms with Gasteiger partial charge in [0.25, 0.3) is 0 Å². The van der Waals surface area contributed by atoms with Crippen LogP contribution in [0.15, 0.2) is 39.9 Å². The van der Waals surface area contributed by atoms with Gasteiger partial charge in [-0.25, -0.2) is 10.2 Å². The zero-order valence-electron chi connectivity index (χ0n) is 18.9. The van der Waals surface area contributed by atoms with Crippen molar-refractivity contribution in [2.75, 3.05) is 26.1 Å². The maximum Gasteiger partial charge on any atom is 0.343 e. The monoisotopic (exact) mass is 519 g/mol. The van der Waals surface area contributed by atoms with Gasteiger partial charge in [-0.05, 0) is 64.7 Å². The van der Waals surface area contributed by atoms with Crippen LogP contribution in [0.25, 0.3) is 0 Å². The van der Waals surface area contributed by atoms with Crippen LogP contribution < -0.4 is 20.2 Å². The predicted octanol–water partition coefficient (Wildman–Crippen LogP) is 3.50. The molecule has 2 rings (SSSR count). The lowest BCUT2D eigenvalue weighted by Gasteiger charge is -2.12. The molecule has 10 heteroatoms. The van der Waals surface area contributed by atoms with Crippen LogP contribution in [0.1, 0.15) is 29.5 Å². The molecule has 2 aromatic carbocycles. The number of esters is 1. The molecule has 0 saturated carbocycles. The highest BCUT2D eigenvalue weighted by Gasteiger charge is 2.13. The average molecular weight is 520 g/mol. The maximum absolute atomic E-state index is 12.1. The number of hydrogen-bond donors (Lipinski definition) is 2. The third-order valence-electron chi connectivity index (χ3n) is 4.67. The summed E-state index contributed by atoms with van der Waals surface area (Å²) in [6, 6.07) is 8.97. The largest absolute Gasteiger partial charge is 0.493 e. The van der Waals surface area contributed by atoms with Crippen LogP contribution in [0.5, 0.6) is 11.5 Å². The first-order valence-electron chi connectivity index (χ1n) is 10.00. The fourth-order valence-electron chi connectivity index (χ4n) is 2.71. The van der Waals surface area contributed by atoms with Crippen molar-refractivity contribution < 1.29 is 28.6 Å². The number of ether oxygens (including phenoxy) is 3. The Hall–Kier alpha value is -3.40. The van der Waals surface area contributed by atoms with Gasteiger partial charge in [0.1, 0.15) is 0 Å². The standard InChI is InChI=1S/C23H26BrN3O6/c1-14-6-5-7-18(15(14)2)26-20(28)8-9-21(29)27-25-12-16-10-17(24)23(19(11-16)31-3)33-13-22(30)32-4/h5-7,10-12H,8-9,13H2,1-4H3,(H,26,28)(H,27,29). The molecule has 0 spiro atoms. The smallest absolute Gasteiger partial charge is 0.343 e. The molecule has 2 aromatic rings. The van der Waals surface area contributed by atoms with Crippen LogP contribution >= 0.6 is 15.9 Å². The number of hydrogen-bond acceptors (Lipinski definition) is 7.